The maximum atomic E-state index is 12.0. The smallest absolute Gasteiger partial charge is 0.239 e. The molecule has 0 spiro atoms. The molecule has 0 aromatic carbocycles. The molecule has 1 N–H and O–H groups in total. The van der Waals surface area contributed by atoms with Gasteiger partial charge in [0.05, 0.1) is 6.04 Å². The molecule has 1 aliphatic heterocycles. The maximum Gasteiger partial charge on any atom is 0.239 e. The van der Waals surface area contributed by atoms with Crippen molar-refractivity contribution < 1.29 is 4.79 Å². The average Bonchev–Trinajstić information content (AvgIpc) is 2.71. The van der Waals surface area contributed by atoms with Crippen molar-refractivity contribution in [3.05, 3.63) is 0 Å². The summed E-state index contributed by atoms with van der Waals surface area (Å²) in [6.07, 6.45) is 4.23. The van der Waals surface area contributed by atoms with Crippen LogP contribution in [0.1, 0.15) is 39.5 Å². The molecule has 1 aliphatic rings. The van der Waals surface area contributed by atoms with Crippen LogP contribution < -0.4 is 5.32 Å². The molecule has 1 atom stereocenters. The predicted octanol–water partition coefficient (Wildman–Crippen LogP) is 1.39. The first kappa shape index (κ1) is 11.5. The molecule has 3 nitrogen and oxygen atoms in total. The van der Waals surface area contributed by atoms with Gasteiger partial charge in [0.25, 0.3) is 0 Å². The Bertz CT molecular complexity index is 184. The summed E-state index contributed by atoms with van der Waals surface area (Å²) in [7, 11) is 1.93. The van der Waals surface area contributed by atoms with E-state index in [0.29, 0.717) is 6.04 Å². The Hall–Kier alpha value is -0.570. The van der Waals surface area contributed by atoms with E-state index in [2.05, 4.69) is 19.2 Å². The third kappa shape index (κ3) is 2.47. The lowest BCUT2D eigenvalue weighted by molar-refractivity contribution is -0.134. The Morgan fingerprint density at radius 3 is 2.57 bits per heavy atom. The highest BCUT2D eigenvalue weighted by Crippen LogP contribution is 2.12. The van der Waals surface area contributed by atoms with Crippen LogP contribution in [0.25, 0.3) is 0 Å². The summed E-state index contributed by atoms with van der Waals surface area (Å²) in [6.45, 7) is 5.27. The van der Waals surface area contributed by atoms with Crippen LogP contribution in [0.3, 0.4) is 0 Å². The molecule has 1 saturated heterocycles. The highest BCUT2D eigenvalue weighted by Gasteiger charge is 2.27. The summed E-state index contributed by atoms with van der Waals surface area (Å²) in [6, 6.07) is 0.491. The third-order valence-corrected chi connectivity index (χ3v) is 3.20. The van der Waals surface area contributed by atoms with Crippen LogP contribution in [0.5, 0.6) is 0 Å². The van der Waals surface area contributed by atoms with Crippen LogP contribution in [0.2, 0.25) is 0 Å². The Kier molecular flexibility index (Phi) is 4.39. The molecule has 1 amide bonds. The van der Waals surface area contributed by atoms with Gasteiger partial charge in [0.15, 0.2) is 0 Å². The highest BCUT2D eigenvalue weighted by molar-refractivity contribution is 5.82. The van der Waals surface area contributed by atoms with E-state index in [0.717, 1.165) is 32.2 Å². The van der Waals surface area contributed by atoms with Gasteiger partial charge in [0.2, 0.25) is 5.91 Å². The summed E-state index contributed by atoms with van der Waals surface area (Å²) in [5.41, 5.74) is 0. The normalized spacial score (nSPS) is 21.6. The van der Waals surface area contributed by atoms with Crippen molar-refractivity contribution >= 4 is 5.91 Å². The van der Waals surface area contributed by atoms with Gasteiger partial charge in [-0.2, -0.15) is 0 Å². The monoisotopic (exact) mass is 198 g/mol. The predicted molar refractivity (Wildman–Crippen MR) is 58.2 cm³/mol. The fourth-order valence-corrected chi connectivity index (χ4v) is 2.16. The first-order chi connectivity index (χ1) is 6.70. The SMILES string of the molecule is CCC(CC)N(C)C(=O)[C@@H]1CCCN1. The maximum absolute atomic E-state index is 12.0. The number of hydrogen-bond acceptors (Lipinski definition) is 2. The summed E-state index contributed by atoms with van der Waals surface area (Å²) in [5, 5.41) is 3.25. The number of nitrogens with zero attached hydrogens (tertiary/aromatic N) is 1. The quantitative estimate of drug-likeness (QED) is 0.740. The van der Waals surface area contributed by atoms with Gasteiger partial charge in [-0.05, 0) is 32.2 Å². The van der Waals surface area contributed by atoms with Gasteiger partial charge < -0.3 is 10.2 Å². The Labute approximate surface area is 86.9 Å². The van der Waals surface area contributed by atoms with Crippen molar-refractivity contribution in [3.63, 3.8) is 0 Å². The van der Waals surface area contributed by atoms with E-state index in [-0.39, 0.29) is 11.9 Å². The molecule has 0 aliphatic carbocycles. The molecule has 82 valence electrons. The first-order valence-electron chi connectivity index (χ1n) is 5.70. The van der Waals surface area contributed by atoms with Crippen molar-refractivity contribution in [2.24, 2.45) is 0 Å². The van der Waals surface area contributed by atoms with E-state index in [4.69, 9.17) is 0 Å². The number of nitrogens with one attached hydrogen (secondary N) is 1. The van der Waals surface area contributed by atoms with Crippen molar-refractivity contribution in [1.29, 1.82) is 0 Å². The van der Waals surface area contributed by atoms with Crippen LogP contribution >= 0.6 is 0 Å². The largest absolute Gasteiger partial charge is 0.341 e. The van der Waals surface area contributed by atoms with E-state index >= 15 is 0 Å². The van der Waals surface area contributed by atoms with Crippen LogP contribution in [-0.4, -0.2) is 36.5 Å². The number of carbonyl (C=O) groups excluding carboxylic acids is 1. The zero-order chi connectivity index (χ0) is 10.6. The zero-order valence-electron chi connectivity index (χ0n) is 9.55. The van der Waals surface area contributed by atoms with Gasteiger partial charge in [-0.1, -0.05) is 13.8 Å². The van der Waals surface area contributed by atoms with Crippen molar-refractivity contribution in [1.82, 2.24) is 10.2 Å². The molecular weight excluding hydrogens is 176 g/mol. The lowest BCUT2D eigenvalue weighted by Gasteiger charge is -2.28. The number of rotatable bonds is 4. The summed E-state index contributed by atoms with van der Waals surface area (Å²) < 4.78 is 0. The second-order valence-corrected chi connectivity index (χ2v) is 4.07. The Morgan fingerprint density at radius 2 is 2.14 bits per heavy atom. The molecule has 0 bridgehead atoms. The zero-order valence-corrected chi connectivity index (χ0v) is 9.55. The minimum absolute atomic E-state index is 0.0839. The van der Waals surface area contributed by atoms with Gasteiger partial charge in [-0.3, -0.25) is 4.79 Å². The minimum Gasteiger partial charge on any atom is -0.341 e. The van der Waals surface area contributed by atoms with E-state index in [1.54, 1.807) is 0 Å². The molecule has 0 unspecified atom stereocenters. The highest BCUT2D eigenvalue weighted by atomic mass is 16.2. The lowest BCUT2D eigenvalue weighted by Crippen LogP contribution is -2.46. The summed E-state index contributed by atoms with van der Waals surface area (Å²) in [4.78, 5) is 13.9. The van der Waals surface area contributed by atoms with Gasteiger partial charge in [0.1, 0.15) is 0 Å². The number of carbonyl (C=O) groups is 1. The second kappa shape index (κ2) is 5.35. The van der Waals surface area contributed by atoms with E-state index in [9.17, 15) is 4.79 Å². The minimum atomic E-state index is 0.0839. The van der Waals surface area contributed by atoms with E-state index < -0.39 is 0 Å². The molecule has 1 rings (SSSR count). The topological polar surface area (TPSA) is 32.3 Å². The average molecular weight is 198 g/mol. The lowest BCUT2D eigenvalue weighted by atomic mass is 10.1. The molecule has 0 aromatic rings. The van der Waals surface area contributed by atoms with Gasteiger partial charge in [-0.15, -0.1) is 0 Å². The van der Waals surface area contributed by atoms with Crippen LogP contribution in [0.15, 0.2) is 0 Å². The van der Waals surface area contributed by atoms with Crippen LogP contribution in [-0.2, 0) is 4.79 Å². The third-order valence-electron chi connectivity index (χ3n) is 3.20. The molecule has 0 saturated carbocycles. The number of hydrogen-bond donors (Lipinski definition) is 1. The van der Waals surface area contributed by atoms with E-state index in [1.165, 1.54) is 0 Å². The fraction of sp³-hybridized carbons (Fsp3) is 0.909. The molecule has 0 radical (unpaired) electrons. The van der Waals surface area contributed by atoms with E-state index in [1.807, 2.05) is 11.9 Å². The first-order valence-corrected chi connectivity index (χ1v) is 5.70. The Morgan fingerprint density at radius 1 is 1.50 bits per heavy atom. The fourth-order valence-electron chi connectivity index (χ4n) is 2.16. The van der Waals surface area contributed by atoms with Crippen molar-refractivity contribution in [2.45, 2.75) is 51.6 Å². The van der Waals surface area contributed by atoms with Crippen molar-refractivity contribution in [2.75, 3.05) is 13.6 Å². The van der Waals surface area contributed by atoms with Crippen LogP contribution in [0, 0.1) is 0 Å². The molecular formula is C11H22N2O. The molecule has 1 heterocycles. The standard InChI is InChI=1S/C11H22N2O/c1-4-9(5-2)13(3)11(14)10-7-6-8-12-10/h9-10,12H,4-8H2,1-3H3/t10-/m0/s1. The second-order valence-electron chi connectivity index (χ2n) is 4.07. The van der Waals surface area contributed by atoms with Gasteiger partial charge in [0, 0.05) is 13.1 Å². The Balaban J connectivity index is 2.49. The van der Waals surface area contributed by atoms with Gasteiger partial charge >= 0.3 is 0 Å². The molecule has 3 heteroatoms. The van der Waals surface area contributed by atoms with Gasteiger partial charge in [-0.25, -0.2) is 0 Å². The molecule has 14 heavy (non-hydrogen) atoms. The molecule has 1 fully saturated rings. The molecule has 0 aromatic heterocycles. The number of amides is 1. The van der Waals surface area contributed by atoms with Crippen molar-refractivity contribution in [3.8, 4) is 0 Å². The summed E-state index contributed by atoms with van der Waals surface area (Å²) in [5.74, 6) is 0.274. The summed E-state index contributed by atoms with van der Waals surface area (Å²) >= 11 is 0. The van der Waals surface area contributed by atoms with Crippen LogP contribution in [0.4, 0.5) is 0 Å². The number of likely N-dealkylation sites (N-methyl/N-ethyl adjacent to an activating group) is 1.